The molecule has 0 spiro atoms. The van der Waals surface area contributed by atoms with Crippen LogP contribution in [0.5, 0.6) is 11.5 Å². The largest absolute Gasteiger partial charge is 0.507 e. The Balaban J connectivity index is 1.95. The summed E-state index contributed by atoms with van der Waals surface area (Å²) in [7, 11) is 1.61. The molecule has 0 aliphatic heterocycles. The van der Waals surface area contributed by atoms with E-state index < -0.39 is 0 Å². The molecule has 0 bridgehead atoms. The predicted octanol–water partition coefficient (Wildman–Crippen LogP) is 3.88. The van der Waals surface area contributed by atoms with E-state index in [-0.39, 0.29) is 11.6 Å². The molecule has 21 heavy (non-hydrogen) atoms. The van der Waals surface area contributed by atoms with Crippen LogP contribution >= 0.6 is 15.9 Å². The molecular formula is C15H11BrN2O3. The Morgan fingerprint density at radius 2 is 1.90 bits per heavy atom. The first-order valence-corrected chi connectivity index (χ1v) is 6.93. The molecule has 0 radical (unpaired) electrons. The van der Waals surface area contributed by atoms with Crippen LogP contribution in [0.2, 0.25) is 0 Å². The highest BCUT2D eigenvalue weighted by molar-refractivity contribution is 9.10. The molecule has 0 unspecified atom stereocenters. The SMILES string of the molecule is COc1ccc(-c2noc(-c3ccc(Br)cc3O)n2)cc1. The Morgan fingerprint density at radius 3 is 2.57 bits per heavy atom. The van der Waals surface area contributed by atoms with Crippen LogP contribution in [0.25, 0.3) is 22.8 Å². The van der Waals surface area contributed by atoms with E-state index in [1.165, 1.54) is 0 Å². The number of rotatable bonds is 3. The lowest BCUT2D eigenvalue weighted by atomic mass is 10.2. The molecule has 1 heterocycles. The van der Waals surface area contributed by atoms with Gasteiger partial charge in [-0.05, 0) is 42.5 Å². The fourth-order valence-electron chi connectivity index (χ4n) is 1.88. The van der Waals surface area contributed by atoms with Gasteiger partial charge in [-0.3, -0.25) is 0 Å². The average Bonchev–Trinajstić information content (AvgIpc) is 2.97. The van der Waals surface area contributed by atoms with Gasteiger partial charge in [0.2, 0.25) is 5.82 Å². The van der Waals surface area contributed by atoms with E-state index in [1.54, 1.807) is 25.3 Å². The summed E-state index contributed by atoms with van der Waals surface area (Å²) in [5.41, 5.74) is 1.30. The van der Waals surface area contributed by atoms with Crippen LogP contribution < -0.4 is 4.74 Å². The van der Waals surface area contributed by atoms with Crippen molar-refractivity contribution in [3.8, 4) is 34.3 Å². The van der Waals surface area contributed by atoms with Gasteiger partial charge >= 0.3 is 0 Å². The first-order valence-electron chi connectivity index (χ1n) is 6.14. The molecule has 5 nitrogen and oxygen atoms in total. The average molecular weight is 347 g/mol. The van der Waals surface area contributed by atoms with E-state index in [2.05, 4.69) is 26.1 Å². The normalized spacial score (nSPS) is 10.6. The zero-order valence-electron chi connectivity index (χ0n) is 11.1. The smallest absolute Gasteiger partial charge is 0.261 e. The molecule has 0 atom stereocenters. The van der Waals surface area contributed by atoms with E-state index in [1.807, 2.05) is 24.3 Å². The van der Waals surface area contributed by atoms with E-state index in [0.717, 1.165) is 15.8 Å². The summed E-state index contributed by atoms with van der Waals surface area (Å²) in [4.78, 5) is 4.30. The topological polar surface area (TPSA) is 68.4 Å². The fraction of sp³-hybridized carbons (Fsp3) is 0.0667. The Kier molecular flexibility index (Phi) is 3.62. The van der Waals surface area contributed by atoms with Crippen LogP contribution in [0, 0.1) is 0 Å². The summed E-state index contributed by atoms with van der Waals surface area (Å²) in [5, 5.41) is 13.9. The third-order valence-corrected chi connectivity index (χ3v) is 3.46. The molecule has 0 fully saturated rings. The van der Waals surface area contributed by atoms with Gasteiger partial charge in [0.1, 0.15) is 11.5 Å². The van der Waals surface area contributed by atoms with Gasteiger partial charge in [-0.1, -0.05) is 21.1 Å². The second kappa shape index (κ2) is 5.57. The molecule has 0 aliphatic carbocycles. The Bertz CT molecular complexity index is 769. The summed E-state index contributed by atoms with van der Waals surface area (Å²) in [5.74, 6) is 1.56. The van der Waals surface area contributed by atoms with Crippen LogP contribution in [0.15, 0.2) is 51.5 Å². The van der Waals surface area contributed by atoms with Crippen molar-refractivity contribution in [2.24, 2.45) is 0 Å². The van der Waals surface area contributed by atoms with Gasteiger partial charge < -0.3 is 14.4 Å². The quantitative estimate of drug-likeness (QED) is 0.779. The highest BCUT2D eigenvalue weighted by atomic mass is 79.9. The Hall–Kier alpha value is -2.34. The number of aromatic nitrogens is 2. The lowest BCUT2D eigenvalue weighted by Crippen LogP contribution is -1.84. The van der Waals surface area contributed by atoms with Crippen LogP contribution in [0.1, 0.15) is 0 Å². The highest BCUT2D eigenvalue weighted by Gasteiger charge is 2.14. The third kappa shape index (κ3) is 2.75. The van der Waals surface area contributed by atoms with Crippen molar-refractivity contribution in [2.75, 3.05) is 7.11 Å². The summed E-state index contributed by atoms with van der Waals surface area (Å²) in [6.45, 7) is 0. The first-order chi connectivity index (χ1) is 10.2. The second-order valence-electron chi connectivity index (χ2n) is 4.31. The van der Waals surface area contributed by atoms with Gasteiger partial charge in [0, 0.05) is 10.0 Å². The molecule has 1 N–H and O–H groups in total. The number of ether oxygens (including phenoxy) is 1. The molecular weight excluding hydrogens is 336 g/mol. The van der Waals surface area contributed by atoms with Crippen LogP contribution in [0.3, 0.4) is 0 Å². The van der Waals surface area contributed by atoms with Crippen molar-refractivity contribution in [1.82, 2.24) is 10.1 Å². The lowest BCUT2D eigenvalue weighted by molar-refractivity contribution is 0.414. The summed E-state index contributed by atoms with van der Waals surface area (Å²) in [6, 6.07) is 12.4. The van der Waals surface area contributed by atoms with E-state index in [0.29, 0.717) is 11.4 Å². The van der Waals surface area contributed by atoms with Gasteiger partial charge in [-0.25, -0.2) is 0 Å². The lowest BCUT2D eigenvalue weighted by Gasteiger charge is -1.99. The van der Waals surface area contributed by atoms with Crippen molar-refractivity contribution >= 4 is 15.9 Å². The molecule has 1 aromatic heterocycles. The molecule has 0 saturated heterocycles. The van der Waals surface area contributed by atoms with Crippen molar-refractivity contribution in [3.63, 3.8) is 0 Å². The maximum Gasteiger partial charge on any atom is 0.261 e. The molecule has 0 saturated carbocycles. The zero-order chi connectivity index (χ0) is 14.8. The second-order valence-corrected chi connectivity index (χ2v) is 5.23. The molecule has 0 aliphatic rings. The monoisotopic (exact) mass is 346 g/mol. The van der Waals surface area contributed by atoms with E-state index in [4.69, 9.17) is 9.26 Å². The van der Waals surface area contributed by atoms with E-state index in [9.17, 15) is 5.11 Å². The number of halogens is 1. The van der Waals surface area contributed by atoms with Crippen molar-refractivity contribution < 1.29 is 14.4 Å². The molecule has 2 aromatic carbocycles. The zero-order valence-corrected chi connectivity index (χ0v) is 12.7. The first kappa shape index (κ1) is 13.6. The number of hydrogen-bond donors (Lipinski definition) is 1. The van der Waals surface area contributed by atoms with Gasteiger partial charge in [0.25, 0.3) is 5.89 Å². The summed E-state index contributed by atoms with van der Waals surface area (Å²) >= 11 is 3.29. The fourth-order valence-corrected chi connectivity index (χ4v) is 2.22. The van der Waals surface area contributed by atoms with Crippen LogP contribution in [-0.4, -0.2) is 22.4 Å². The number of hydrogen-bond acceptors (Lipinski definition) is 5. The third-order valence-electron chi connectivity index (χ3n) is 2.96. The summed E-state index contributed by atoms with van der Waals surface area (Å²) < 4.78 is 11.1. The van der Waals surface area contributed by atoms with Gasteiger partial charge in [0.15, 0.2) is 0 Å². The van der Waals surface area contributed by atoms with E-state index >= 15 is 0 Å². The number of aromatic hydroxyl groups is 1. The van der Waals surface area contributed by atoms with Crippen molar-refractivity contribution in [3.05, 3.63) is 46.9 Å². The van der Waals surface area contributed by atoms with Gasteiger partial charge in [0.05, 0.1) is 12.7 Å². The maximum absolute atomic E-state index is 9.92. The Labute approximate surface area is 129 Å². The predicted molar refractivity (Wildman–Crippen MR) is 81.1 cm³/mol. The number of benzene rings is 2. The number of methoxy groups -OCH3 is 1. The number of phenols is 1. The maximum atomic E-state index is 9.92. The molecule has 3 rings (SSSR count). The van der Waals surface area contributed by atoms with Gasteiger partial charge in [-0.2, -0.15) is 4.98 Å². The summed E-state index contributed by atoms with van der Waals surface area (Å²) in [6.07, 6.45) is 0. The minimum Gasteiger partial charge on any atom is -0.507 e. The van der Waals surface area contributed by atoms with Crippen LogP contribution in [-0.2, 0) is 0 Å². The Morgan fingerprint density at radius 1 is 1.14 bits per heavy atom. The van der Waals surface area contributed by atoms with Gasteiger partial charge in [-0.15, -0.1) is 0 Å². The molecule has 0 amide bonds. The number of nitrogens with zero attached hydrogens (tertiary/aromatic N) is 2. The molecule has 106 valence electrons. The standard InChI is InChI=1S/C15H11BrN2O3/c1-20-11-5-2-9(3-6-11)14-17-15(21-18-14)12-7-4-10(16)8-13(12)19/h2-8,19H,1H3. The van der Waals surface area contributed by atoms with Crippen LogP contribution in [0.4, 0.5) is 0 Å². The van der Waals surface area contributed by atoms with Crippen molar-refractivity contribution in [2.45, 2.75) is 0 Å². The minimum absolute atomic E-state index is 0.0781. The molecule has 3 aromatic rings. The molecule has 6 heteroatoms. The van der Waals surface area contributed by atoms with Crippen molar-refractivity contribution in [1.29, 1.82) is 0 Å². The minimum atomic E-state index is 0.0781. The highest BCUT2D eigenvalue weighted by Crippen LogP contribution is 2.31. The number of phenolic OH excluding ortho intramolecular Hbond substituents is 1.